The number of allylic oxidation sites excluding steroid dienone is 2. The van der Waals surface area contributed by atoms with Gasteiger partial charge in [0.15, 0.2) is 6.04 Å². The molecule has 0 bridgehead atoms. The van der Waals surface area contributed by atoms with E-state index in [0.29, 0.717) is 11.8 Å². The van der Waals surface area contributed by atoms with E-state index < -0.39 is 6.04 Å². The molecule has 1 N–H and O–H groups in total. The number of carbonyl (C=O) groups excluding carboxylic acids is 1. The fourth-order valence-corrected chi connectivity index (χ4v) is 7.60. The van der Waals surface area contributed by atoms with Crippen LogP contribution in [0.1, 0.15) is 65.2 Å². The van der Waals surface area contributed by atoms with E-state index in [4.69, 9.17) is 9.47 Å². The van der Waals surface area contributed by atoms with E-state index in [1.807, 2.05) is 0 Å². The molecule has 1 aliphatic heterocycles. The SMILES string of the molecule is COC(=O)[C@H]1COC(/C=C2\CC[C@H]3[C@@H]4CC=C5C[C@@H](O)CC[C@]5(C)[C@H]4CC[C@]23C)=N1. The molecule has 0 saturated heterocycles. The van der Waals surface area contributed by atoms with Crippen molar-refractivity contribution < 1.29 is 19.4 Å². The molecule has 4 aliphatic carbocycles. The molecule has 0 radical (unpaired) electrons. The lowest BCUT2D eigenvalue weighted by Gasteiger charge is -2.57. The third-order valence-electron chi connectivity index (χ3n) is 9.37. The molecule has 3 saturated carbocycles. The number of nitrogens with zero attached hydrogens (tertiary/aromatic N) is 1. The average Bonchev–Trinajstić information content (AvgIpc) is 3.33. The molecular weight excluding hydrogens is 378 g/mol. The summed E-state index contributed by atoms with van der Waals surface area (Å²) in [5.41, 5.74) is 3.46. The number of methoxy groups -OCH3 is 1. The van der Waals surface area contributed by atoms with Crippen molar-refractivity contribution in [1.82, 2.24) is 0 Å². The second-order valence-corrected chi connectivity index (χ2v) is 10.6. The topological polar surface area (TPSA) is 68.1 Å². The van der Waals surface area contributed by atoms with Gasteiger partial charge in [0.25, 0.3) is 0 Å². The van der Waals surface area contributed by atoms with Crippen LogP contribution in [0.2, 0.25) is 0 Å². The van der Waals surface area contributed by atoms with Gasteiger partial charge in [-0.1, -0.05) is 31.1 Å². The van der Waals surface area contributed by atoms with Crippen LogP contribution >= 0.6 is 0 Å². The molecule has 0 aromatic rings. The summed E-state index contributed by atoms with van der Waals surface area (Å²) in [5, 5.41) is 10.2. The van der Waals surface area contributed by atoms with E-state index in [-0.39, 0.29) is 29.5 Å². The Morgan fingerprint density at radius 2 is 2.00 bits per heavy atom. The number of ether oxygens (including phenoxy) is 2. The highest BCUT2D eigenvalue weighted by Crippen LogP contribution is 2.66. The first kappa shape index (κ1) is 20.3. The zero-order chi connectivity index (χ0) is 21.1. The van der Waals surface area contributed by atoms with Crippen molar-refractivity contribution in [3.63, 3.8) is 0 Å². The number of rotatable bonds is 2. The van der Waals surface area contributed by atoms with Gasteiger partial charge in [-0.2, -0.15) is 0 Å². The van der Waals surface area contributed by atoms with Gasteiger partial charge < -0.3 is 14.6 Å². The van der Waals surface area contributed by atoms with Crippen LogP contribution in [0.5, 0.6) is 0 Å². The quantitative estimate of drug-likeness (QED) is 0.544. The molecule has 3 fully saturated rings. The predicted octanol–water partition coefficient (Wildman–Crippen LogP) is 4.21. The van der Waals surface area contributed by atoms with E-state index in [2.05, 4.69) is 31.0 Å². The Hall–Kier alpha value is -1.62. The zero-order valence-corrected chi connectivity index (χ0v) is 18.5. The molecule has 5 nitrogen and oxygen atoms in total. The number of aliphatic hydroxyl groups excluding tert-OH is 1. The van der Waals surface area contributed by atoms with E-state index in [9.17, 15) is 9.90 Å². The van der Waals surface area contributed by atoms with Gasteiger partial charge in [0.05, 0.1) is 13.2 Å². The molecule has 0 spiro atoms. The monoisotopic (exact) mass is 413 g/mol. The third-order valence-corrected chi connectivity index (χ3v) is 9.37. The summed E-state index contributed by atoms with van der Waals surface area (Å²) in [6.07, 6.45) is 13.4. The summed E-state index contributed by atoms with van der Waals surface area (Å²) >= 11 is 0. The Labute approximate surface area is 179 Å². The smallest absolute Gasteiger partial charge is 0.334 e. The van der Waals surface area contributed by atoms with E-state index in [1.165, 1.54) is 37.5 Å². The van der Waals surface area contributed by atoms with Crippen LogP contribution in [-0.2, 0) is 14.3 Å². The maximum atomic E-state index is 11.8. The van der Waals surface area contributed by atoms with Gasteiger partial charge in [-0.15, -0.1) is 0 Å². The lowest BCUT2D eigenvalue weighted by molar-refractivity contribution is -0.142. The number of aliphatic imine (C=N–C) groups is 1. The van der Waals surface area contributed by atoms with E-state index in [0.717, 1.165) is 43.9 Å². The van der Waals surface area contributed by atoms with Crippen LogP contribution in [0.25, 0.3) is 0 Å². The molecule has 1 heterocycles. The van der Waals surface area contributed by atoms with Gasteiger partial charge in [0.1, 0.15) is 6.61 Å². The van der Waals surface area contributed by atoms with Crippen LogP contribution < -0.4 is 0 Å². The predicted molar refractivity (Wildman–Crippen MR) is 115 cm³/mol. The third kappa shape index (κ3) is 2.99. The lowest BCUT2D eigenvalue weighted by Crippen LogP contribution is -2.49. The largest absolute Gasteiger partial charge is 0.475 e. The summed E-state index contributed by atoms with van der Waals surface area (Å²) < 4.78 is 10.5. The molecule has 5 aliphatic rings. The highest BCUT2D eigenvalue weighted by molar-refractivity contribution is 5.93. The minimum Gasteiger partial charge on any atom is -0.475 e. The highest BCUT2D eigenvalue weighted by Gasteiger charge is 2.57. The zero-order valence-electron chi connectivity index (χ0n) is 18.5. The number of esters is 1. The lowest BCUT2D eigenvalue weighted by atomic mass is 9.48. The van der Waals surface area contributed by atoms with Crippen molar-refractivity contribution in [1.29, 1.82) is 0 Å². The average molecular weight is 414 g/mol. The van der Waals surface area contributed by atoms with Gasteiger partial charge in [-0.3, -0.25) is 0 Å². The molecule has 5 heteroatoms. The molecule has 30 heavy (non-hydrogen) atoms. The summed E-state index contributed by atoms with van der Waals surface area (Å²) in [6, 6.07) is -0.522. The molecule has 0 unspecified atom stereocenters. The van der Waals surface area contributed by atoms with E-state index >= 15 is 0 Å². The van der Waals surface area contributed by atoms with Crippen molar-refractivity contribution in [2.75, 3.05) is 13.7 Å². The molecule has 0 amide bonds. The van der Waals surface area contributed by atoms with Gasteiger partial charge in [0, 0.05) is 0 Å². The summed E-state index contributed by atoms with van der Waals surface area (Å²) in [7, 11) is 1.40. The second kappa shape index (κ2) is 7.22. The normalized spacial score (nSPS) is 46.3. The summed E-state index contributed by atoms with van der Waals surface area (Å²) in [4.78, 5) is 16.2. The molecular formula is C25H35NO4. The first-order valence-electron chi connectivity index (χ1n) is 11.7. The molecule has 0 aromatic carbocycles. The number of fused-ring (bicyclic) bond motifs is 5. The van der Waals surface area contributed by atoms with Crippen LogP contribution in [0.4, 0.5) is 0 Å². The standard InChI is InChI=1S/C25H35NO4/c1-24-10-8-17(27)12-15(24)4-6-18-19-7-5-16(25(19,2)11-9-20(18)24)13-22-26-21(14-30-22)23(28)29-3/h4,13,17-21,27H,5-12,14H2,1-3H3/b16-13+/t17-,18-,19-,20-,21+,24-,25+/m0/s1. The van der Waals surface area contributed by atoms with Crippen LogP contribution in [0, 0.1) is 28.6 Å². The number of hydrogen-bond acceptors (Lipinski definition) is 5. The van der Waals surface area contributed by atoms with Gasteiger partial charge in [-0.05, 0) is 86.0 Å². The molecule has 164 valence electrons. The molecule has 0 aromatic heterocycles. The van der Waals surface area contributed by atoms with Crippen LogP contribution in [-0.4, -0.2) is 42.8 Å². The summed E-state index contributed by atoms with van der Waals surface area (Å²) in [6.45, 7) is 5.21. The Morgan fingerprint density at radius 3 is 2.80 bits per heavy atom. The number of carbonyl (C=O) groups is 1. The van der Waals surface area contributed by atoms with Crippen molar-refractivity contribution in [3.05, 3.63) is 23.3 Å². The Morgan fingerprint density at radius 1 is 1.23 bits per heavy atom. The van der Waals surface area contributed by atoms with Crippen molar-refractivity contribution in [2.24, 2.45) is 33.6 Å². The number of hydrogen-bond donors (Lipinski definition) is 1. The van der Waals surface area contributed by atoms with Crippen LogP contribution in [0.3, 0.4) is 0 Å². The van der Waals surface area contributed by atoms with Gasteiger partial charge in [-0.25, -0.2) is 9.79 Å². The Balaban J connectivity index is 1.39. The van der Waals surface area contributed by atoms with Crippen LogP contribution in [0.15, 0.2) is 28.3 Å². The maximum absolute atomic E-state index is 11.8. The van der Waals surface area contributed by atoms with Crippen molar-refractivity contribution in [3.8, 4) is 0 Å². The first-order valence-corrected chi connectivity index (χ1v) is 11.7. The minimum atomic E-state index is -0.522. The maximum Gasteiger partial charge on any atom is 0.334 e. The summed E-state index contributed by atoms with van der Waals surface area (Å²) in [5.74, 6) is 2.44. The molecule has 5 rings (SSSR count). The van der Waals surface area contributed by atoms with Crippen molar-refractivity contribution in [2.45, 2.75) is 77.4 Å². The minimum absolute atomic E-state index is 0.142. The van der Waals surface area contributed by atoms with Gasteiger partial charge >= 0.3 is 5.97 Å². The molecule has 7 atom stereocenters. The highest BCUT2D eigenvalue weighted by atomic mass is 16.5. The Bertz CT molecular complexity index is 829. The second-order valence-electron chi connectivity index (χ2n) is 10.6. The first-order chi connectivity index (χ1) is 14.3. The fourth-order valence-electron chi connectivity index (χ4n) is 7.60. The van der Waals surface area contributed by atoms with Gasteiger partial charge in [0.2, 0.25) is 5.90 Å². The fraction of sp³-hybridized carbons (Fsp3) is 0.760. The van der Waals surface area contributed by atoms with E-state index in [1.54, 1.807) is 0 Å². The Kier molecular flexibility index (Phi) is 4.88. The van der Waals surface area contributed by atoms with Crippen molar-refractivity contribution >= 4 is 11.9 Å². The number of aliphatic hydroxyl groups is 1.